The van der Waals surface area contributed by atoms with Gasteiger partial charge < -0.3 is 5.32 Å². The smallest absolute Gasteiger partial charge is 0.151 e. The predicted molar refractivity (Wildman–Crippen MR) is 68.4 cm³/mol. The summed E-state index contributed by atoms with van der Waals surface area (Å²) in [4.78, 5) is 11.6. The Bertz CT molecular complexity index is 418. The molecule has 92 valence electrons. The van der Waals surface area contributed by atoms with E-state index in [0.29, 0.717) is 12.1 Å². The van der Waals surface area contributed by atoms with Crippen LogP contribution in [0.2, 0.25) is 0 Å². The predicted octanol–water partition coefficient (Wildman–Crippen LogP) is 2.70. The maximum atomic E-state index is 13.4. The lowest BCUT2D eigenvalue weighted by Gasteiger charge is -2.05. The van der Waals surface area contributed by atoms with Gasteiger partial charge in [0.1, 0.15) is 5.82 Å². The van der Waals surface area contributed by atoms with Crippen LogP contribution in [0.3, 0.4) is 0 Å². The van der Waals surface area contributed by atoms with Crippen molar-refractivity contribution in [3.63, 3.8) is 0 Å². The molecule has 0 spiro atoms. The molecule has 2 nitrogen and oxygen atoms in total. The standard InChI is InChI=1S/C13H15BrFNO/c14-11-3-4-13(15)10(5-11)6-12(17)8-16-7-9-1-2-9/h3-5,9,16H,1-2,6-8H2. The summed E-state index contributed by atoms with van der Waals surface area (Å²) in [5.41, 5.74) is 0.456. The normalized spacial score (nSPS) is 14.9. The summed E-state index contributed by atoms with van der Waals surface area (Å²) in [6.07, 6.45) is 2.69. The van der Waals surface area contributed by atoms with Gasteiger partial charge in [0, 0.05) is 10.9 Å². The molecule has 1 aromatic rings. The van der Waals surface area contributed by atoms with E-state index in [-0.39, 0.29) is 18.0 Å². The molecule has 2 rings (SSSR count). The molecule has 0 atom stereocenters. The molecule has 0 amide bonds. The van der Waals surface area contributed by atoms with Gasteiger partial charge in [-0.1, -0.05) is 15.9 Å². The second-order valence-corrected chi connectivity index (χ2v) is 5.44. The summed E-state index contributed by atoms with van der Waals surface area (Å²) >= 11 is 3.27. The minimum absolute atomic E-state index is 0.0302. The molecule has 1 aliphatic rings. The summed E-state index contributed by atoms with van der Waals surface area (Å²) in [5, 5.41) is 3.12. The molecule has 1 aromatic carbocycles. The van der Waals surface area contributed by atoms with Gasteiger partial charge in [0.2, 0.25) is 0 Å². The second kappa shape index (κ2) is 5.74. The molecule has 1 aliphatic carbocycles. The van der Waals surface area contributed by atoms with Crippen LogP contribution in [0.25, 0.3) is 0 Å². The summed E-state index contributed by atoms with van der Waals surface area (Å²) in [5.74, 6) is 0.469. The number of carbonyl (C=O) groups excluding carboxylic acids is 1. The first kappa shape index (κ1) is 12.7. The van der Waals surface area contributed by atoms with Crippen LogP contribution in [0.5, 0.6) is 0 Å². The minimum atomic E-state index is -0.316. The molecule has 0 unspecified atom stereocenters. The molecule has 17 heavy (non-hydrogen) atoms. The van der Waals surface area contributed by atoms with Gasteiger partial charge in [0.15, 0.2) is 5.78 Å². The molecule has 0 aliphatic heterocycles. The van der Waals surface area contributed by atoms with Crippen molar-refractivity contribution in [3.8, 4) is 0 Å². The van der Waals surface area contributed by atoms with E-state index in [2.05, 4.69) is 21.2 Å². The monoisotopic (exact) mass is 299 g/mol. The van der Waals surface area contributed by atoms with Crippen molar-refractivity contribution in [2.24, 2.45) is 5.92 Å². The van der Waals surface area contributed by atoms with Crippen LogP contribution in [0.1, 0.15) is 18.4 Å². The molecule has 0 saturated heterocycles. The van der Waals surface area contributed by atoms with E-state index in [9.17, 15) is 9.18 Å². The topological polar surface area (TPSA) is 29.1 Å². The van der Waals surface area contributed by atoms with Crippen molar-refractivity contribution in [3.05, 3.63) is 34.1 Å². The highest BCUT2D eigenvalue weighted by Crippen LogP contribution is 2.27. The number of benzene rings is 1. The molecule has 0 heterocycles. The Morgan fingerprint density at radius 2 is 2.24 bits per heavy atom. The van der Waals surface area contributed by atoms with Crippen molar-refractivity contribution in [2.75, 3.05) is 13.1 Å². The van der Waals surface area contributed by atoms with Crippen LogP contribution in [0.15, 0.2) is 22.7 Å². The zero-order valence-corrected chi connectivity index (χ0v) is 11.1. The minimum Gasteiger partial charge on any atom is -0.310 e. The summed E-state index contributed by atoms with van der Waals surface area (Å²) in [6, 6.07) is 4.67. The van der Waals surface area contributed by atoms with E-state index in [1.165, 1.54) is 18.9 Å². The molecular weight excluding hydrogens is 285 g/mol. The first-order chi connectivity index (χ1) is 8.15. The van der Waals surface area contributed by atoms with Crippen LogP contribution < -0.4 is 5.32 Å². The Kier molecular flexibility index (Phi) is 4.29. The van der Waals surface area contributed by atoms with E-state index >= 15 is 0 Å². The van der Waals surface area contributed by atoms with Gasteiger partial charge in [0.05, 0.1) is 6.54 Å². The third kappa shape index (κ3) is 4.21. The SMILES string of the molecule is O=C(CNCC1CC1)Cc1cc(Br)ccc1F. The third-order valence-corrected chi connectivity index (χ3v) is 3.34. The van der Waals surface area contributed by atoms with E-state index < -0.39 is 0 Å². The lowest BCUT2D eigenvalue weighted by Crippen LogP contribution is -2.26. The largest absolute Gasteiger partial charge is 0.310 e. The average molecular weight is 300 g/mol. The zero-order chi connectivity index (χ0) is 12.3. The van der Waals surface area contributed by atoms with Crippen molar-refractivity contribution in [2.45, 2.75) is 19.3 Å². The Hall–Kier alpha value is -0.740. The first-order valence-electron chi connectivity index (χ1n) is 5.81. The third-order valence-electron chi connectivity index (χ3n) is 2.85. The van der Waals surface area contributed by atoms with Crippen LogP contribution in [-0.4, -0.2) is 18.9 Å². The van der Waals surface area contributed by atoms with Crippen LogP contribution in [0, 0.1) is 11.7 Å². The van der Waals surface area contributed by atoms with Crippen molar-refractivity contribution >= 4 is 21.7 Å². The number of rotatable bonds is 6. The lowest BCUT2D eigenvalue weighted by atomic mass is 10.1. The van der Waals surface area contributed by atoms with Crippen LogP contribution >= 0.6 is 15.9 Å². The lowest BCUT2D eigenvalue weighted by molar-refractivity contribution is -0.117. The number of carbonyl (C=O) groups is 1. The fraction of sp³-hybridized carbons (Fsp3) is 0.462. The van der Waals surface area contributed by atoms with E-state index in [0.717, 1.165) is 16.9 Å². The number of halogens is 2. The highest BCUT2D eigenvalue weighted by atomic mass is 79.9. The highest BCUT2D eigenvalue weighted by molar-refractivity contribution is 9.10. The van der Waals surface area contributed by atoms with Crippen molar-refractivity contribution in [1.82, 2.24) is 5.32 Å². The van der Waals surface area contributed by atoms with Crippen molar-refractivity contribution < 1.29 is 9.18 Å². The molecule has 0 aromatic heterocycles. The molecule has 0 radical (unpaired) electrons. The van der Waals surface area contributed by atoms with E-state index in [4.69, 9.17) is 0 Å². The van der Waals surface area contributed by atoms with E-state index in [1.807, 2.05) is 0 Å². The van der Waals surface area contributed by atoms with Gasteiger partial charge in [-0.05, 0) is 49.1 Å². The van der Waals surface area contributed by atoms with Gasteiger partial charge in [-0.2, -0.15) is 0 Å². The van der Waals surface area contributed by atoms with Gasteiger partial charge in [0.25, 0.3) is 0 Å². The maximum Gasteiger partial charge on any atom is 0.151 e. The molecule has 0 bridgehead atoms. The zero-order valence-electron chi connectivity index (χ0n) is 9.51. The van der Waals surface area contributed by atoms with Gasteiger partial charge in [-0.3, -0.25) is 4.79 Å². The van der Waals surface area contributed by atoms with Gasteiger partial charge in [-0.25, -0.2) is 4.39 Å². The highest BCUT2D eigenvalue weighted by Gasteiger charge is 2.20. The number of Topliss-reactive ketones (excluding diaryl/α,β-unsaturated/α-hetero) is 1. The number of ketones is 1. The molecule has 1 fully saturated rings. The molecule has 1 N–H and O–H groups in total. The van der Waals surface area contributed by atoms with Gasteiger partial charge in [-0.15, -0.1) is 0 Å². The summed E-state index contributed by atoms with van der Waals surface area (Å²) < 4.78 is 14.2. The quantitative estimate of drug-likeness (QED) is 0.875. The summed E-state index contributed by atoms with van der Waals surface area (Å²) in [7, 11) is 0. The van der Waals surface area contributed by atoms with Crippen LogP contribution in [0.4, 0.5) is 4.39 Å². The molecular formula is C13H15BrFNO. The Morgan fingerprint density at radius 1 is 1.47 bits per heavy atom. The maximum absolute atomic E-state index is 13.4. The Labute approximate surface area is 109 Å². The fourth-order valence-corrected chi connectivity index (χ4v) is 2.10. The number of hydrogen-bond donors (Lipinski definition) is 1. The Morgan fingerprint density at radius 3 is 2.94 bits per heavy atom. The summed E-state index contributed by atoms with van der Waals surface area (Å²) in [6.45, 7) is 1.25. The van der Waals surface area contributed by atoms with E-state index in [1.54, 1.807) is 12.1 Å². The Balaban J connectivity index is 1.81. The van der Waals surface area contributed by atoms with Crippen LogP contribution in [-0.2, 0) is 11.2 Å². The second-order valence-electron chi connectivity index (χ2n) is 4.53. The molecule has 1 saturated carbocycles. The average Bonchev–Trinajstić information content (AvgIpc) is 3.07. The fourth-order valence-electron chi connectivity index (χ4n) is 1.69. The number of hydrogen-bond acceptors (Lipinski definition) is 2. The van der Waals surface area contributed by atoms with Gasteiger partial charge >= 0.3 is 0 Å². The number of nitrogens with one attached hydrogen (secondary N) is 1. The first-order valence-corrected chi connectivity index (χ1v) is 6.61. The molecule has 4 heteroatoms. The van der Waals surface area contributed by atoms with Crippen molar-refractivity contribution in [1.29, 1.82) is 0 Å².